The smallest absolute Gasteiger partial charge is 0.408 e. The molecule has 3 unspecified atom stereocenters. The van der Waals surface area contributed by atoms with Crippen LogP contribution in [0.25, 0.3) is 0 Å². The average molecular weight is 480 g/mol. The SMILES string of the molecule is CN(C(=O)C(Cc1ccccc1)NC(=O)OCc1ccccc1)c1ccc(C2CC2N)cc1.Cl. The third-order valence-corrected chi connectivity index (χ3v) is 5.96. The van der Waals surface area contributed by atoms with Crippen LogP contribution in [0.15, 0.2) is 84.9 Å². The molecule has 7 heteroatoms. The topological polar surface area (TPSA) is 84.7 Å². The Hall–Kier alpha value is -3.35. The molecule has 3 aromatic rings. The van der Waals surface area contributed by atoms with Crippen molar-refractivity contribution in [2.75, 3.05) is 11.9 Å². The first-order chi connectivity index (χ1) is 16.0. The second kappa shape index (κ2) is 11.7. The molecule has 3 atom stereocenters. The zero-order valence-electron chi connectivity index (χ0n) is 19.1. The number of halogens is 1. The summed E-state index contributed by atoms with van der Waals surface area (Å²) >= 11 is 0. The van der Waals surface area contributed by atoms with Gasteiger partial charge in [0.2, 0.25) is 5.91 Å². The summed E-state index contributed by atoms with van der Waals surface area (Å²) in [5.74, 6) is 0.193. The molecule has 4 rings (SSSR count). The maximum absolute atomic E-state index is 13.4. The molecular weight excluding hydrogens is 450 g/mol. The van der Waals surface area contributed by atoms with Gasteiger partial charge >= 0.3 is 6.09 Å². The highest BCUT2D eigenvalue weighted by molar-refractivity contribution is 5.98. The van der Waals surface area contributed by atoms with Gasteiger partial charge in [-0.15, -0.1) is 12.4 Å². The van der Waals surface area contributed by atoms with Gasteiger partial charge in [0.05, 0.1) is 0 Å². The second-order valence-corrected chi connectivity index (χ2v) is 8.44. The summed E-state index contributed by atoms with van der Waals surface area (Å²) < 4.78 is 5.36. The lowest BCUT2D eigenvalue weighted by atomic mass is 10.0. The zero-order valence-corrected chi connectivity index (χ0v) is 19.9. The average Bonchev–Trinajstić information content (AvgIpc) is 3.59. The van der Waals surface area contributed by atoms with Gasteiger partial charge in [0.15, 0.2) is 0 Å². The Morgan fingerprint density at radius 1 is 0.971 bits per heavy atom. The molecule has 1 fully saturated rings. The van der Waals surface area contributed by atoms with E-state index in [4.69, 9.17) is 10.5 Å². The van der Waals surface area contributed by atoms with Crippen LogP contribution in [0.5, 0.6) is 0 Å². The number of benzene rings is 3. The maximum Gasteiger partial charge on any atom is 0.408 e. The normalized spacial score (nSPS) is 17.1. The Morgan fingerprint density at radius 3 is 2.09 bits per heavy atom. The predicted octanol–water partition coefficient (Wildman–Crippen LogP) is 4.42. The molecule has 2 amide bonds. The first-order valence-corrected chi connectivity index (χ1v) is 11.2. The molecule has 0 aliphatic heterocycles. The largest absolute Gasteiger partial charge is 0.445 e. The van der Waals surface area contributed by atoms with Crippen LogP contribution in [-0.4, -0.2) is 31.1 Å². The van der Waals surface area contributed by atoms with Crippen molar-refractivity contribution < 1.29 is 14.3 Å². The number of likely N-dealkylation sites (N-methyl/N-ethyl adjacent to an activating group) is 1. The first-order valence-electron chi connectivity index (χ1n) is 11.2. The number of rotatable bonds is 8. The molecule has 0 spiro atoms. The molecule has 0 aromatic heterocycles. The molecule has 34 heavy (non-hydrogen) atoms. The third-order valence-electron chi connectivity index (χ3n) is 5.96. The Morgan fingerprint density at radius 2 is 1.53 bits per heavy atom. The molecular formula is C27H30ClN3O3. The van der Waals surface area contributed by atoms with Crippen LogP contribution in [0.4, 0.5) is 10.5 Å². The summed E-state index contributed by atoms with van der Waals surface area (Å²) in [6.45, 7) is 0.138. The van der Waals surface area contributed by atoms with E-state index in [1.54, 1.807) is 11.9 Å². The highest BCUT2D eigenvalue weighted by Gasteiger charge is 2.34. The number of nitrogens with one attached hydrogen (secondary N) is 1. The third kappa shape index (κ3) is 6.59. The van der Waals surface area contributed by atoms with Crippen LogP contribution < -0.4 is 16.0 Å². The molecule has 6 nitrogen and oxygen atoms in total. The van der Waals surface area contributed by atoms with Gasteiger partial charge in [0.25, 0.3) is 0 Å². The number of alkyl carbamates (subject to hydrolysis) is 1. The van der Waals surface area contributed by atoms with Gasteiger partial charge in [-0.25, -0.2) is 4.79 Å². The quantitative estimate of drug-likeness (QED) is 0.500. The van der Waals surface area contributed by atoms with Crippen LogP contribution in [0, 0.1) is 0 Å². The lowest BCUT2D eigenvalue weighted by Gasteiger charge is -2.25. The fourth-order valence-electron chi connectivity index (χ4n) is 3.86. The number of amides is 2. The summed E-state index contributed by atoms with van der Waals surface area (Å²) in [6.07, 6.45) is 0.737. The Labute approximate surface area is 206 Å². The van der Waals surface area contributed by atoms with E-state index in [9.17, 15) is 9.59 Å². The standard InChI is InChI=1S/C27H29N3O3.ClH/c1-30(22-14-12-21(13-15-22)23-17-24(23)28)26(31)25(16-19-8-4-2-5-9-19)29-27(32)33-18-20-10-6-3-7-11-20;/h2-15,23-25H,16-18,28H2,1H3,(H,29,32);1H. The molecule has 3 N–H and O–H groups in total. The van der Waals surface area contributed by atoms with Gasteiger partial charge in [-0.1, -0.05) is 72.8 Å². The van der Waals surface area contributed by atoms with Crippen LogP contribution in [0.1, 0.15) is 29.0 Å². The van der Waals surface area contributed by atoms with Crippen LogP contribution in [0.2, 0.25) is 0 Å². The minimum Gasteiger partial charge on any atom is -0.445 e. The number of anilines is 1. The van der Waals surface area contributed by atoms with E-state index in [0.29, 0.717) is 12.3 Å². The summed E-state index contributed by atoms with van der Waals surface area (Å²) in [5, 5.41) is 2.76. The molecule has 0 saturated heterocycles. The van der Waals surface area contributed by atoms with E-state index in [1.807, 2.05) is 84.9 Å². The summed E-state index contributed by atoms with van der Waals surface area (Å²) in [4.78, 5) is 27.5. The number of ether oxygens (including phenoxy) is 1. The Kier molecular flexibility index (Phi) is 8.68. The fourth-order valence-corrected chi connectivity index (χ4v) is 3.86. The highest BCUT2D eigenvalue weighted by atomic mass is 35.5. The van der Waals surface area contributed by atoms with Crippen LogP contribution >= 0.6 is 12.4 Å². The molecule has 0 bridgehead atoms. The monoisotopic (exact) mass is 479 g/mol. The van der Waals surface area contributed by atoms with E-state index in [-0.39, 0.29) is 31.0 Å². The predicted molar refractivity (Wildman–Crippen MR) is 136 cm³/mol. The van der Waals surface area contributed by atoms with E-state index in [1.165, 1.54) is 5.56 Å². The maximum atomic E-state index is 13.4. The van der Waals surface area contributed by atoms with Crippen molar-refractivity contribution >= 4 is 30.1 Å². The van der Waals surface area contributed by atoms with E-state index in [0.717, 1.165) is 23.2 Å². The second-order valence-electron chi connectivity index (χ2n) is 8.44. The summed E-state index contributed by atoms with van der Waals surface area (Å²) in [5.41, 5.74) is 9.73. The van der Waals surface area contributed by atoms with Crippen molar-refractivity contribution in [1.29, 1.82) is 0 Å². The van der Waals surface area contributed by atoms with E-state index >= 15 is 0 Å². The number of nitrogens with zero attached hydrogens (tertiary/aromatic N) is 1. The summed E-state index contributed by atoms with van der Waals surface area (Å²) in [6, 6.07) is 26.4. The molecule has 1 aliphatic rings. The molecule has 3 aromatic carbocycles. The van der Waals surface area contributed by atoms with Crippen molar-refractivity contribution in [3.8, 4) is 0 Å². The molecule has 178 valence electrons. The van der Waals surface area contributed by atoms with Crippen LogP contribution in [0.3, 0.4) is 0 Å². The first kappa shape index (κ1) is 25.3. The number of hydrogen-bond acceptors (Lipinski definition) is 4. The minimum absolute atomic E-state index is 0. The van der Waals surface area contributed by atoms with Gasteiger partial charge in [-0.05, 0) is 35.2 Å². The Bertz CT molecular complexity index is 1080. The van der Waals surface area contributed by atoms with Gasteiger partial charge in [0, 0.05) is 31.1 Å². The minimum atomic E-state index is -0.766. The van der Waals surface area contributed by atoms with Crippen molar-refractivity contribution in [2.45, 2.75) is 37.5 Å². The van der Waals surface area contributed by atoms with Gasteiger partial charge < -0.3 is 20.7 Å². The van der Waals surface area contributed by atoms with E-state index in [2.05, 4.69) is 5.32 Å². The fraction of sp³-hybridized carbons (Fsp3) is 0.259. The highest BCUT2D eigenvalue weighted by Crippen LogP contribution is 2.39. The number of nitrogens with two attached hydrogens (primary N) is 1. The lowest BCUT2D eigenvalue weighted by molar-refractivity contribution is -0.120. The zero-order chi connectivity index (χ0) is 23.2. The number of carbonyl (C=O) groups excluding carboxylic acids is 2. The van der Waals surface area contributed by atoms with Gasteiger partial charge in [-0.3, -0.25) is 4.79 Å². The van der Waals surface area contributed by atoms with Crippen molar-refractivity contribution in [1.82, 2.24) is 5.32 Å². The van der Waals surface area contributed by atoms with Gasteiger partial charge in [0.1, 0.15) is 12.6 Å². The molecule has 1 aliphatic carbocycles. The van der Waals surface area contributed by atoms with Gasteiger partial charge in [-0.2, -0.15) is 0 Å². The Balaban J connectivity index is 0.00000324. The summed E-state index contributed by atoms with van der Waals surface area (Å²) in [7, 11) is 1.72. The van der Waals surface area contributed by atoms with Crippen molar-refractivity contribution in [3.05, 3.63) is 102 Å². The van der Waals surface area contributed by atoms with E-state index < -0.39 is 12.1 Å². The van der Waals surface area contributed by atoms with Crippen molar-refractivity contribution in [2.24, 2.45) is 5.73 Å². The number of carbonyl (C=O) groups is 2. The molecule has 1 saturated carbocycles. The molecule has 0 radical (unpaired) electrons. The molecule has 0 heterocycles. The van der Waals surface area contributed by atoms with Crippen LogP contribution in [-0.2, 0) is 22.6 Å². The van der Waals surface area contributed by atoms with Crippen molar-refractivity contribution in [3.63, 3.8) is 0 Å². The number of hydrogen-bond donors (Lipinski definition) is 2. The lowest BCUT2D eigenvalue weighted by Crippen LogP contribution is -2.49.